The van der Waals surface area contributed by atoms with E-state index < -0.39 is 0 Å². The maximum Gasteiger partial charge on any atom is 0.222 e. The van der Waals surface area contributed by atoms with Crippen molar-refractivity contribution in [2.45, 2.75) is 77.2 Å². The lowest BCUT2D eigenvalue weighted by Gasteiger charge is -2.35. The zero-order chi connectivity index (χ0) is 17.5. The lowest BCUT2D eigenvalue weighted by molar-refractivity contribution is -0.132. The molecule has 1 amide bonds. The summed E-state index contributed by atoms with van der Waals surface area (Å²) in [6.07, 6.45) is 8.71. The molecule has 0 atom stereocenters. The molecule has 1 aliphatic carbocycles. The molecule has 3 heteroatoms. The maximum absolute atomic E-state index is 12.3. The van der Waals surface area contributed by atoms with Crippen LogP contribution in [0.25, 0.3) is 0 Å². The first kappa shape index (κ1) is 18.8. The van der Waals surface area contributed by atoms with E-state index in [4.69, 9.17) is 0 Å². The number of hydrogen-bond acceptors (Lipinski definition) is 2. The van der Waals surface area contributed by atoms with Gasteiger partial charge in [-0.25, -0.2) is 0 Å². The molecule has 0 aromatic heterocycles. The second-order valence-corrected chi connectivity index (χ2v) is 7.29. The van der Waals surface area contributed by atoms with Gasteiger partial charge in [0.1, 0.15) is 0 Å². The Hall–Kier alpha value is -1.51. The van der Waals surface area contributed by atoms with Crippen molar-refractivity contribution < 1.29 is 4.79 Å². The van der Waals surface area contributed by atoms with Crippen molar-refractivity contribution in [1.82, 2.24) is 4.90 Å². The van der Waals surface area contributed by atoms with E-state index in [2.05, 4.69) is 37.4 Å². The number of unbranched alkanes of at least 4 members (excludes halogenated alkanes) is 2. The molecule has 0 unspecified atom stereocenters. The number of aryl methyl sites for hydroxylation is 1. The summed E-state index contributed by atoms with van der Waals surface area (Å²) in [4.78, 5) is 14.4. The van der Waals surface area contributed by atoms with Crippen LogP contribution in [0.3, 0.4) is 0 Å². The van der Waals surface area contributed by atoms with E-state index in [1.165, 1.54) is 36.1 Å². The number of rotatable bonds is 7. The molecule has 1 N–H and O–H groups in total. The van der Waals surface area contributed by atoms with Gasteiger partial charge in [-0.15, -0.1) is 0 Å². The predicted molar refractivity (Wildman–Crippen MR) is 103 cm³/mol. The largest absolute Gasteiger partial charge is 0.388 e. The standard InChI is InChI=1S/C21H34N2O/c1-5-6-7-8-21(24)23(4)19-13-10-17(11-14-19)20-15-18(22-3)12-9-16(20)2/h9,12,15,17,19,22H,5-8,10-11,13-14H2,1-4H3. The molecule has 1 aliphatic rings. The first-order chi connectivity index (χ1) is 11.6. The van der Waals surface area contributed by atoms with Gasteiger partial charge in [0.25, 0.3) is 0 Å². The molecule has 3 nitrogen and oxygen atoms in total. The van der Waals surface area contributed by atoms with Crippen LogP contribution in [0, 0.1) is 6.92 Å². The van der Waals surface area contributed by atoms with Crippen LogP contribution >= 0.6 is 0 Å². The second kappa shape index (κ2) is 9.10. The summed E-state index contributed by atoms with van der Waals surface area (Å²) in [5.41, 5.74) is 4.07. The highest BCUT2D eigenvalue weighted by Crippen LogP contribution is 2.37. The molecule has 1 saturated carbocycles. The van der Waals surface area contributed by atoms with Gasteiger partial charge in [-0.2, -0.15) is 0 Å². The number of hydrogen-bond donors (Lipinski definition) is 1. The summed E-state index contributed by atoms with van der Waals surface area (Å²) in [7, 11) is 3.98. The zero-order valence-electron chi connectivity index (χ0n) is 15.9. The van der Waals surface area contributed by atoms with Crippen molar-refractivity contribution in [3.05, 3.63) is 29.3 Å². The summed E-state index contributed by atoms with van der Waals surface area (Å²) in [5, 5.41) is 3.25. The molecule has 1 aromatic rings. The number of carbonyl (C=O) groups excluding carboxylic acids is 1. The summed E-state index contributed by atoms with van der Waals surface area (Å²) >= 11 is 0. The quantitative estimate of drug-likeness (QED) is 0.705. The predicted octanol–water partition coefficient (Wildman–Crippen LogP) is 5.10. The van der Waals surface area contributed by atoms with Gasteiger partial charge < -0.3 is 10.2 Å². The van der Waals surface area contributed by atoms with Crippen molar-refractivity contribution in [2.24, 2.45) is 0 Å². The van der Waals surface area contributed by atoms with Crippen LogP contribution in [0.4, 0.5) is 5.69 Å². The minimum Gasteiger partial charge on any atom is -0.388 e. The molecular weight excluding hydrogens is 296 g/mol. The molecule has 0 spiro atoms. The van der Waals surface area contributed by atoms with E-state index in [-0.39, 0.29) is 0 Å². The van der Waals surface area contributed by atoms with Crippen LogP contribution in [-0.2, 0) is 4.79 Å². The fourth-order valence-corrected chi connectivity index (χ4v) is 3.92. The molecule has 1 aromatic carbocycles. The number of benzene rings is 1. The number of amides is 1. The Balaban J connectivity index is 1.90. The Morgan fingerprint density at radius 3 is 2.54 bits per heavy atom. The van der Waals surface area contributed by atoms with Crippen LogP contribution in [0.2, 0.25) is 0 Å². The molecule has 2 rings (SSSR count). The van der Waals surface area contributed by atoms with Gasteiger partial charge in [0.2, 0.25) is 5.91 Å². The van der Waals surface area contributed by atoms with E-state index in [9.17, 15) is 4.79 Å². The summed E-state index contributed by atoms with van der Waals surface area (Å²) in [5.74, 6) is 0.971. The van der Waals surface area contributed by atoms with E-state index in [0.717, 1.165) is 25.7 Å². The van der Waals surface area contributed by atoms with Crippen LogP contribution in [0.5, 0.6) is 0 Å². The number of anilines is 1. The van der Waals surface area contributed by atoms with Gasteiger partial charge in [0, 0.05) is 32.2 Å². The molecule has 0 heterocycles. The van der Waals surface area contributed by atoms with Gasteiger partial charge in [-0.1, -0.05) is 25.8 Å². The van der Waals surface area contributed by atoms with Gasteiger partial charge in [0.15, 0.2) is 0 Å². The van der Waals surface area contributed by atoms with E-state index in [1.54, 1.807) is 0 Å². The lowest BCUT2D eigenvalue weighted by atomic mass is 9.79. The maximum atomic E-state index is 12.3. The normalized spacial score (nSPS) is 20.7. The summed E-state index contributed by atoms with van der Waals surface area (Å²) in [6.45, 7) is 4.39. The van der Waals surface area contributed by atoms with Crippen molar-refractivity contribution in [3.8, 4) is 0 Å². The molecule has 0 bridgehead atoms. The SMILES string of the molecule is CCCCCC(=O)N(C)C1CCC(c2cc(NC)ccc2C)CC1. The first-order valence-electron chi connectivity index (χ1n) is 9.60. The molecule has 134 valence electrons. The Morgan fingerprint density at radius 1 is 1.21 bits per heavy atom. The Kier molecular flexibility index (Phi) is 7.14. The van der Waals surface area contributed by atoms with Gasteiger partial charge in [-0.3, -0.25) is 4.79 Å². The Morgan fingerprint density at radius 2 is 1.92 bits per heavy atom. The van der Waals surface area contributed by atoms with Crippen molar-refractivity contribution in [3.63, 3.8) is 0 Å². The second-order valence-electron chi connectivity index (χ2n) is 7.29. The zero-order valence-corrected chi connectivity index (χ0v) is 15.9. The lowest BCUT2D eigenvalue weighted by Crippen LogP contribution is -2.39. The summed E-state index contributed by atoms with van der Waals surface area (Å²) in [6, 6.07) is 7.10. The fourth-order valence-electron chi connectivity index (χ4n) is 3.92. The van der Waals surface area contributed by atoms with Gasteiger partial charge in [0.05, 0.1) is 0 Å². The number of nitrogens with one attached hydrogen (secondary N) is 1. The van der Waals surface area contributed by atoms with Crippen LogP contribution in [-0.4, -0.2) is 30.9 Å². The minimum atomic E-state index is 0.334. The third-order valence-corrected chi connectivity index (χ3v) is 5.64. The fraction of sp³-hybridized carbons (Fsp3) is 0.667. The molecule has 0 radical (unpaired) electrons. The molecule has 24 heavy (non-hydrogen) atoms. The summed E-state index contributed by atoms with van der Waals surface area (Å²) < 4.78 is 0. The average molecular weight is 331 g/mol. The highest BCUT2D eigenvalue weighted by molar-refractivity contribution is 5.76. The topological polar surface area (TPSA) is 32.3 Å². The molecule has 0 aliphatic heterocycles. The molecule has 0 saturated heterocycles. The van der Waals surface area contributed by atoms with Crippen LogP contribution < -0.4 is 5.32 Å². The van der Waals surface area contributed by atoms with Crippen molar-refractivity contribution in [1.29, 1.82) is 0 Å². The van der Waals surface area contributed by atoms with E-state index in [0.29, 0.717) is 24.3 Å². The number of nitrogens with zero attached hydrogens (tertiary/aromatic N) is 1. The van der Waals surface area contributed by atoms with E-state index >= 15 is 0 Å². The average Bonchev–Trinajstić information content (AvgIpc) is 2.62. The van der Waals surface area contributed by atoms with Gasteiger partial charge >= 0.3 is 0 Å². The van der Waals surface area contributed by atoms with Crippen molar-refractivity contribution in [2.75, 3.05) is 19.4 Å². The highest BCUT2D eigenvalue weighted by atomic mass is 16.2. The third-order valence-electron chi connectivity index (χ3n) is 5.64. The van der Waals surface area contributed by atoms with Crippen LogP contribution in [0.15, 0.2) is 18.2 Å². The molecular formula is C21H34N2O. The van der Waals surface area contributed by atoms with Gasteiger partial charge in [-0.05, 0) is 68.2 Å². The van der Waals surface area contributed by atoms with E-state index in [1.807, 2.05) is 19.0 Å². The Bertz CT molecular complexity index is 533. The third kappa shape index (κ3) is 4.75. The first-order valence-corrected chi connectivity index (χ1v) is 9.60. The van der Waals surface area contributed by atoms with Crippen molar-refractivity contribution >= 4 is 11.6 Å². The Labute approximate surface area is 147 Å². The van der Waals surface area contributed by atoms with Crippen LogP contribution in [0.1, 0.15) is 75.3 Å². The molecule has 1 fully saturated rings. The smallest absolute Gasteiger partial charge is 0.222 e. The highest BCUT2D eigenvalue weighted by Gasteiger charge is 2.27. The monoisotopic (exact) mass is 330 g/mol. The number of carbonyl (C=O) groups is 1. The minimum absolute atomic E-state index is 0.334.